The van der Waals surface area contributed by atoms with E-state index in [4.69, 9.17) is 4.74 Å². The van der Waals surface area contributed by atoms with Crippen molar-refractivity contribution in [2.75, 3.05) is 18.5 Å². The second-order valence-electron chi connectivity index (χ2n) is 7.40. The number of ether oxygens (including phenoxy) is 1. The monoisotopic (exact) mass is 383 g/mol. The van der Waals surface area contributed by atoms with Crippen LogP contribution in [0.25, 0.3) is 11.3 Å². The fourth-order valence-corrected chi connectivity index (χ4v) is 3.65. The molecular formula is C19H21N5O2S. The van der Waals surface area contributed by atoms with E-state index in [0.717, 1.165) is 11.3 Å². The molecule has 0 unspecified atom stereocenters. The Morgan fingerprint density at radius 2 is 2.15 bits per heavy atom. The van der Waals surface area contributed by atoms with E-state index < -0.39 is 0 Å². The first kappa shape index (κ1) is 17.8. The number of aryl methyl sites for hydroxylation is 2. The topological polar surface area (TPSA) is 81.9 Å². The van der Waals surface area contributed by atoms with Crippen molar-refractivity contribution in [3.63, 3.8) is 0 Å². The molecule has 140 valence electrons. The lowest BCUT2D eigenvalue weighted by molar-refractivity contribution is -0.111. The molecule has 1 N–H and O–H groups in total. The Kier molecular flexibility index (Phi) is 4.53. The number of hydrogen-bond acceptors (Lipinski definition) is 6. The maximum atomic E-state index is 12.4. The normalized spacial score (nSPS) is 15.4. The Hall–Kier alpha value is -2.58. The summed E-state index contributed by atoms with van der Waals surface area (Å²) < 4.78 is 6.94. The highest BCUT2D eigenvalue weighted by atomic mass is 32.1. The molecule has 7 nitrogen and oxygen atoms in total. The summed E-state index contributed by atoms with van der Waals surface area (Å²) in [6, 6.07) is 6.22. The molecule has 0 spiro atoms. The summed E-state index contributed by atoms with van der Waals surface area (Å²) in [6.07, 6.45) is 1.66. The molecule has 0 bridgehead atoms. The smallest absolute Gasteiger partial charge is 0.279 e. The molecule has 0 saturated carbocycles. The molecule has 3 heterocycles. The molecule has 27 heavy (non-hydrogen) atoms. The number of aromatic nitrogens is 4. The second-order valence-corrected chi connectivity index (χ2v) is 8.25. The maximum absolute atomic E-state index is 12.4. The van der Waals surface area contributed by atoms with Crippen molar-refractivity contribution in [2.24, 2.45) is 5.41 Å². The average Bonchev–Trinajstić information content (AvgIpc) is 3.25. The molecule has 1 aliphatic rings. The van der Waals surface area contributed by atoms with Gasteiger partial charge in [-0.2, -0.15) is 0 Å². The summed E-state index contributed by atoms with van der Waals surface area (Å²) in [5.41, 5.74) is 4.69. The zero-order valence-electron chi connectivity index (χ0n) is 15.5. The van der Waals surface area contributed by atoms with Crippen LogP contribution < -0.4 is 5.32 Å². The van der Waals surface area contributed by atoms with Crippen molar-refractivity contribution in [1.29, 1.82) is 0 Å². The number of amides is 1. The highest BCUT2D eigenvalue weighted by Crippen LogP contribution is 2.28. The average molecular weight is 383 g/mol. The minimum atomic E-state index is -0.308. The lowest BCUT2D eigenvalue weighted by Crippen LogP contribution is -2.43. The Bertz CT molecular complexity index is 990. The number of nitrogens with one attached hydrogen (secondary N) is 1. The summed E-state index contributed by atoms with van der Waals surface area (Å²) in [5, 5.41) is 13.3. The van der Waals surface area contributed by atoms with Crippen LogP contribution in [-0.4, -0.2) is 39.1 Å². The van der Waals surface area contributed by atoms with Crippen molar-refractivity contribution in [2.45, 2.75) is 27.3 Å². The zero-order chi connectivity index (χ0) is 19.0. The molecule has 0 atom stereocenters. The number of benzene rings is 1. The van der Waals surface area contributed by atoms with Crippen molar-refractivity contribution < 1.29 is 9.53 Å². The quantitative estimate of drug-likeness (QED) is 0.731. The standard InChI is InChI=1S/C19H21N5O2S/c1-12-4-5-14(6-13(12)2)16-8-27-18(20-16)21-17(25)15-7-24(23-22-15)9-19(3)10-26-11-19/h4-8H,9-11H2,1-3H3,(H,20,21,25). The van der Waals surface area contributed by atoms with Gasteiger partial charge in [-0.1, -0.05) is 24.3 Å². The zero-order valence-corrected chi connectivity index (χ0v) is 16.3. The van der Waals surface area contributed by atoms with Gasteiger partial charge in [0.15, 0.2) is 10.8 Å². The van der Waals surface area contributed by atoms with Crippen LogP contribution in [0.2, 0.25) is 0 Å². The second kappa shape index (κ2) is 6.86. The summed E-state index contributed by atoms with van der Waals surface area (Å²) >= 11 is 1.39. The van der Waals surface area contributed by atoms with E-state index in [1.165, 1.54) is 22.5 Å². The van der Waals surface area contributed by atoms with Gasteiger partial charge in [0, 0.05) is 16.4 Å². The van der Waals surface area contributed by atoms with Gasteiger partial charge in [-0.25, -0.2) is 4.98 Å². The highest BCUT2D eigenvalue weighted by Gasteiger charge is 2.34. The molecule has 1 fully saturated rings. The van der Waals surface area contributed by atoms with E-state index in [0.29, 0.717) is 24.9 Å². The molecule has 0 aliphatic carbocycles. The van der Waals surface area contributed by atoms with E-state index in [1.807, 2.05) is 11.4 Å². The molecule has 1 aromatic carbocycles. The van der Waals surface area contributed by atoms with Crippen LogP contribution in [0.4, 0.5) is 5.13 Å². The fourth-order valence-electron chi connectivity index (χ4n) is 2.94. The largest absolute Gasteiger partial charge is 0.380 e. The predicted molar refractivity (Wildman–Crippen MR) is 104 cm³/mol. The van der Waals surface area contributed by atoms with Gasteiger partial charge in [0.1, 0.15) is 0 Å². The molecule has 4 rings (SSSR count). The molecule has 8 heteroatoms. The molecule has 2 aromatic heterocycles. The van der Waals surface area contributed by atoms with Crippen LogP contribution in [0.5, 0.6) is 0 Å². The number of thiazole rings is 1. The van der Waals surface area contributed by atoms with Gasteiger partial charge in [-0.05, 0) is 31.0 Å². The number of rotatable bonds is 5. The summed E-state index contributed by atoms with van der Waals surface area (Å²) in [7, 11) is 0. The minimum Gasteiger partial charge on any atom is -0.380 e. The van der Waals surface area contributed by atoms with Crippen molar-refractivity contribution >= 4 is 22.4 Å². The lowest BCUT2D eigenvalue weighted by atomic mass is 9.89. The Morgan fingerprint density at radius 1 is 1.33 bits per heavy atom. The predicted octanol–water partition coefficient (Wildman–Crippen LogP) is 3.31. The van der Waals surface area contributed by atoms with Crippen LogP contribution in [0.15, 0.2) is 29.8 Å². The highest BCUT2D eigenvalue weighted by molar-refractivity contribution is 7.14. The molecule has 1 aliphatic heterocycles. The van der Waals surface area contributed by atoms with E-state index in [9.17, 15) is 4.79 Å². The maximum Gasteiger partial charge on any atom is 0.279 e. The third-order valence-corrected chi connectivity index (χ3v) is 5.50. The van der Waals surface area contributed by atoms with E-state index in [-0.39, 0.29) is 17.0 Å². The summed E-state index contributed by atoms with van der Waals surface area (Å²) in [5.74, 6) is -0.308. The molecule has 0 radical (unpaired) electrons. The minimum absolute atomic E-state index is 0.0673. The summed E-state index contributed by atoms with van der Waals surface area (Å²) in [6.45, 7) is 8.37. The van der Waals surface area contributed by atoms with Gasteiger partial charge in [-0.15, -0.1) is 16.4 Å². The van der Waals surface area contributed by atoms with Crippen LogP contribution in [0.1, 0.15) is 28.5 Å². The first-order chi connectivity index (χ1) is 12.9. The molecule has 1 saturated heterocycles. The van der Waals surface area contributed by atoms with Crippen LogP contribution in [0, 0.1) is 19.3 Å². The number of carbonyl (C=O) groups excluding carboxylic acids is 1. The Morgan fingerprint density at radius 3 is 2.85 bits per heavy atom. The van der Waals surface area contributed by atoms with Gasteiger partial charge < -0.3 is 4.74 Å². The molecular weight excluding hydrogens is 362 g/mol. The molecule has 3 aromatic rings. The van der Waals surface area contributed by atoms with Gasteiger partial charge >= 0.3 is 0 Å². The third kappa shape index (κ3) is 3.77. The van der Waals surface area contributed by atoms with Gasteiger partial charge in [0.25, 0.3) is 5.91 Å². The van der Waals surface area contributed by atoms with Gasteiger partial charge in [-0.3, -0.25) is 14.8 Å². The van der Waals surface area contributed by atoms with Crippen molar-refractivity contribution in [1.82, 2.24) is 20.0 Å². The van der Waals surface area contributed by atoms with Gasteiger partial charge in [0.2, 0.25) is 0 Å². The van der Waals surface area contributed by atoms with E-state index in [2.05, 4.69) is 53.5 Å². The van der Waals surface area contributed by atoms with Gasteiger partial charge in [0.05, 0.1) is 31.6 Å². The number of nitrogens with zero attached hydrogens (tertiary/aromatic N) is 4. The van der Waals surface area contributed by atoms with Crippen LogP contribution >= 0.6 is 11.3 Å². The van der Waals surface area contributed by atoms with Crippen molar-refractivity contribution in [3.8, 4) is 11.3 Å². The van der Waals surface area contributed by atoms with E-state index in [1.54, 1.807) is 10.9 Å². The molecule has 1 amide bonds. The number of carbonyl (C=O) groups is 1. The lowest BCUT2D eigenvalue weighted by Gasteiger charge is -2.37. The van der Waals surface area contributed by atoms with E-state index >= 15 is 0 Å². The Labute approximate surface area is 161 Å². The Balaban J connectivity index is 1.43. The van der Waals surface area contributed by atoms with Crippen molar-refractivity contribution in [3.05, 3.63) is 46.6 Å². The first-order valence-electron chi connectivity index (χ1n) is 8.74. The summed E-state index contributed by atoms with van der Waals surface area (Å²) in [4.78, 5) is 17.0. The number of hydrogen-bond donors (Lipinski definition) is 1. The fraction of sp³-hybridized carbons (Fsp3) is 0.368. The third-order valence-electron chi connectivity index (χ3n) is 4.74. The first-order valence-corrected chi connectivity index (χ1v) is 9.62. The van der Waals surface area contributed by atoms with Crippen LogP contribution in [0.3, 0.4) is 0 Å². The SMILES string of the molecule is Cc1ccc(-c2csc(NC(=O)c3cn(CC4(C)COC4)nn3)n2)cc1C. The van der Waals surface area contributed by atoms with Crippen LogP contribution in [-0.2, 0) is 11.3 Å². The number of anilines is 1.